The van der Waals surface area contributed by atoms with Crippen LogP contribution in [0.25, 0.3) is 0 Å². The number of anilines is 1. The zero-order chi connectivity index (χ0) is 22.2. The molecule has 0 radical (unpaired) electrons. The van der Waals surface area contributed by atoms with Crippen LogP contribution in [-0.2, 0) is 0 Å². The first-order chi connectivity index (χ1) is 15.0. The molecule has 0 aliphatic carbocycles. The van der Waals surface area contributed by atoms with Gasteiger partial charge in [-0.15, -0.1) is 0 Å². The molecule has 3 N–H and O–H groups in total. The number of amides is 2. The average molecular weight is 431 g/mol. The van der Waals surface area contributed by atoms with Crippen molar-refractivity contribution in [3.63, 3.8) is 0 Å². The summed E-state index contributed by atoms with van der Waals surface area (Å²) >= 11 is 0. The number of furan rings is 1. The lowest BCUT2D eigenvalue weighted by atomic mass is 10.0. The first kappa shape index (κ1) is 22.7. The Balaban J connectivity index is 1.68. The Bertz CT molecular complexity index is 882. The molecule has 1 fully saturated rings. The van der Waals surface area contributed by atoms with Gasteiger partial charge in [-0.2, -0.15) is 0 Å². The fourth-order valence-electron chi connectivity index (χ4n) is 4.00. The number of likely N-dealkylation sites (tertiary alicyclic amines) is 1. The fourth-order valence-corrected chi connectivity index (χ4v) is 4.00. The molecule has 8 heteroatoms. The standard InChI is InChI=1S/C23H31N3O5/c1-16-8-4-5-11-26(16)12-7-10-24-22(27)17-14-20(29-2)21(30-3)15-18(17)25-23(28)19-9-6-13-31-19/h6,9,13-16H,4-5,7-8,10-12H2,1-3H3,(H,24,27)(H,25,28)/p+1/t16-/m0/s1. The topological polar surface area (TPSA) is 94.2 Å². The van der Waals surface area contributed by atoms with Crippen molar-refractivity contribution in [3.8, 4) is 11.5 Å². The smallest absolute Gasteiger partial charge is 0.291 e. The first-order valence-electron chi connectivity index (χ1n) is 10.8. The number of methoxy groups -OCH3 is 2. The van der Waals surface area contributed by atoms with E-state index >= 15 is 0 Å². The van der Waals surface area contributed by atoms with E-state index in [0.29, 0.717) is 35.3 Å². The highest BCUT2D eigenvalue weighted by Crippen LogP contribution is 2.33. The largest absolute Gasteiger partial charge is 0.493 e. The summed E-state index contributed by atoms with van der Waals surface area (Å²) in [5.41, 5.74) is 0.628. The van der Waals surface area contributed by atoms with E-state index in [2.05, 4.69) is 17.6 Å². The fraction of sp³-hybridized carbons (Fsp3) is 0.478. The number of ether oxygens (including phenoxy) is 2. The molecule has 1 aliphatic rings. The van der Waals surface area contributed by atoms with Gasteiger partial charge in [0.1, 0.15) is 0 Å². The van der Waals surface area contributed by atoms with Crippen molar-refractivity contribution >= 4 is 17.5 Å². The molecule has 1 unspecified atom stereocenters. The quantitative estimate of drug-likeness (QED) is 0.530. The second-order valence-corrected chi connectivity index (χ2v) is 7.85. The van der Waals surface area contributed by atoms with Gasteiger partial charge in [-0.1, -0.05) is 0 Å². The predicted molar refractivity (Wildman–Crippen MR) is 117 cm³/mol. The monoisotopic (exact) mass is 430 g/mol. The zero-order valence-corrected chi connectivity index (χ0v) is 18.5. The van der Waals surface area contributed by atoms with E-state index in [1.165, 1.54) is 46.3 Å². The summed E-state index contributed by atoms with van der Waals surface area (Å²) in [6, 6.07) is 7.01. The van der Waals surface area contributed by atoms with Crippen molar-refractivity contribution in [2.24, 2.45) is 0 Å². The normalized spacial score (nSPS) is 18.3. The molecule has 1 aromatic carbocycles. The number of piperidine rings is 1. The minimum Gasteiger partial charge on any atom is -0.493 e. The van der Waals surface area contributed by atoms with Gasteiger partial charge in [0.05, 0.1) is 50.9 Å². The Morgan fingerprint density at radius 2 is 1.94 bits per heavy atom. The highest BCUT2D eigenvalue weighted by atomic mass is 16.5. The van der Waals surface area contributed by atoms with Crippen molar-refractivity contribution in [1.29, 1.82) is 0 Å². The van der Waals surface area contributed by atoms with Crippen LogP contribution in [0.3, 0.4) is 0 Å². The van der Waals surface area contributed by atoms with Crippen LogP contribution in [0, 0.1) is 0 Å². The second kappa shape index (κ2) is 10.9. The molecule has 168 valence electrons. The van der Waals surface area contributed by atoms with Crippen molar-refractivity contribution in [2.75, 3.05) is 39.2 Å². The lowest BCUT2D eigenvalue weighted by Crippen LogP contribution is -3.16. The summed E-state index contributed by atoms with van der Waals surface area (Å²) in [7, 11) is 3.00. The number of quaternary nitrogens is 1. The number of rotatable bonds is 9. The minimum absolute atomic E-state index is 0.153. The van der Waals surface area contributed by atoms with Gasteiger partial charge in [0.15, 0.2) is 17.3 Å². The van der Waals surface area contributed by atoms with Gasteiger partial charge in [-0.3, -0.25) is 9.59 Å². The SMILES string of the molecule is COc1cc(NC(=O)c2ccco2)c(C(=O)NCCC[NH+]2CCCC[C@@H]2C)cc1OC. The maximum Gasteiger partial charge on any atom is 0.291 e. The number of hydrogen-bond donors (Lipinski definition) is 3. The van der Waals surface area contributed by atoms with Crippen LogP contribution < -0.4 is 25.0 Å². The summed E-state index contributed by atoms with van der Waals surface area (Å²) < 4.78 is 15.8. The van der Waals surface area contributed by atoms with Crippen molar-refractivity contribution in [1.82, 2.24) is 5.32 Å². The van der Waals surface area contributed by atoms with Crippen molar-refractivity contribution < 1.29 is 28.4 Å². The van der Waals surface area contributed by atoms with Crippen LogP contribution in [0.1, 0.15) is 53.5 Å². The molecule has 0 spiro atoms. The Kier molecular flexibility index (Phi) is 7.94. The van der Waals surface area contributed by atoms with Gasteiger partial charge in [0.25, 0.3) is 11.8 Å². The van der Waals surface area contributed by atoms with Gasteiger partial charge in [0.2, 0.25) is 0 Å². The lowest BCUT2D eigenvalue weighted by molar-refractivity contribution is -0.928. The van der Waals surface area contributed by atoms with Crippen LogP contribution >= 0.6 is 0 Å². The van der Waals surface area contributed by atoms with E-state index in [4.69, 9.17) is 13.9 Å². The van der Waals surface area contributed by atoms with Gasteiger partial charge in [-0.25, -0.2) is 0 Å². The summed E-state index contributed by atoms with van der Waals surface area (Å²) in [5, 5.41) is 5.70. The molecule has 0 saturated carbocycles. The minimum atomic E-state index is -0.450. The lowest BCUT2D eigenvalue weighted by Gasteiger charge is -2.30. The van der Waals surface area contributed by atoms with Gasteiger partial charge < -0.3 is 29.4 Å². The molecular weight excluding hydrogens is 398 g/mol. The van der Waals surface area contributed by atoms with E-state index in [1.54, 1.807) is 29.2 Å². The Hall–Kier alpha value is -3.00. The number of carbonyl (C=O) groups excluding carboxylic acids is 2. The Morgan fingerprint density at radius 1 is 1.16 bits per heavy atom. The maximum absolute atomic E-state index is 12.9. The maximum atomic E-state index is 12.9. The molecule has 2 aromatic rings. The highest BCUT2D eigenvalue weighted by molar-refractivity contribution is 6.08. The van der Waals surface area contributed by atoms with Crippen LogP contribution in [-0.4, -0.2) is 51.7 Å². The van der Waals surface area contributed by atoms with Crippen LogP contribution in [0.5, 0.6) is 11.5 Å². The number of hydrogen-bond acceptors (Lipinski definition) is 5. The predicted octanol–water partition coefficient (Wildman–Crippen LogP) is 2.13. The summed E-state index contributed by atoms with van der Waals surface area (Å²) in [6.07, 6.45) is 6.17. The Morgan fingerprint density at radius 3 is 2.61 bits per heavy atom. The molecule has 2 atom stereocenters. The number of nitrogens with one attached hydrogen (secondary N) is 3. The van der Waals surface area contributed by atoms with Crippen LogP contribution in [0.4, 0.5) is 5.69 Å². The molecule has 1 aliphatic heterocycles. The van der Waals surface area contributed by atoms with Gasteiger partial charge in [-0.05, 0) is 44.4 Å². The van der Waals surface area contributed by atoms with Gasteiger partial charge >= 0.3 is 0 Å². The van der Waals surface area contributed by atoms with E-state index in [1.807, 2.05) is 0 Å². The van der Waals surface area contributed by atoms with E-state index in [-0.39, 0.29) is 11.7 Å². The molecule has 2 heterocycles. The van der Waals surface area contributed by atoms with Crippen LogP contribution in [0.2, 0.25) is 0 Å². The highest BCUT2D eigenvalue weighted by Gasteiger charge is 2.22. The van der Waals surface area contributed by atoms with Crippen LogP contribution in [0.15, 0.2) is 34.9 Å². The number of benzene rings is 1. The second-order valence-electron chi connectivity index (χ2n) is 7.85. The molecule has 1 saturated heterocycles. The van der Waals surface area contributed by atoms with Crippen molar-refractivity contribution in [3.05, 3.63) is 41.9 Å². The Labute approximate surface area is 182 Å². The molecule has 3 rings (SSSR count). The summed E-state index contributed by atoms with van der Waals surface area (Å²) in [5.74, 6) is 0.248. The van der Waals surface area contributed by atoms with Crippen molar-refractivity contribution in [2.45, 2.75) is 38.6 Å². The molecule has 1 aromatic heterocycles. The molecule has 2 amide bonds. The molecular formula is C23H32N3O5+. The molecule has 0 bridgehead atoms. The van der Waals surface area contributed by atoms with E-state index < -0.39 is 5.91 Å². The zero-order valence-electron chi connectivity index (χ0n) is 18.5. The van der Waals surface area contributed by atoms with Gasteiger partial charge in [0, 0.05) is 19.0 Å². The van der Waals surface area contributed by atoms with E-state index in [0.717, 1.165) is 13.0 Å². The number of carbonyl (C=O) groups is 2. The third-order valence-corrected chi connectivity index (χ3v) is 5.80. The average Bonchev–Trinajstić information content (AvgIpc) is 3.32. The molecule has 8 nitrogen and oxygen atoms in total. The first-order valence-corrected chi connectivity index (χ1v) is 10.8. The summed E-state index contributed by atoms with van der Waals surface area (Å²) in [6.45, 7) is 5.10. The third kappa shape index (κ3) is 5.79. The van der Waals surface area contributed by atoms with E-state index in [9.17, 15) is 9.59 Å². The third-order valence-electron chi connectivity index (χ3n) is 5.80. The molecule has 31 heavy (non-hydrogen) atoms. The summed E-state index contributed by atoms with van der Waals surface area (Å²) in [4.78, 5) is 27.0.